The number of amides is 1. The van der Waals surface area contributed by atoms with E-state index >= 15 is 0 Å². The smallest absolute Gasteiger partial charge is 0.353 e. The van der Waals surface area contributed by atoms with Crippen LogP contribution in [0.4, 0.5) is 13.2 Å². The number of nitrogens with one attached hydrogen (secondary N) is 2. The van der Waals surface area contributed by atoms with Crippen LogP contribution < -0.4 is 10.6 Å². The lowest BCUT2D eigenvalue weighted by Crippen LogP contribution is -2.48. The van der Waals surface area contributed by atoms with Crippen molar-refractivity contribution >= 4 is 18.3 Å². The third-order valence-electron chi connectivity index (χ3n) is 5.13. The highest BCUT2D eigenvalue weighted by atomic mass is 35.5. The molecule has 2 saturated heterocycles. The van der Waals surface area contributed by atoms with E-state index in [1.54, 1.807) is 13.0 Å². The minimum Gasteiger partial charge on any atom is -0.353 e. The summed E-state index contributed by atoms with van der Waals surface area (Å²) in [6.45, 7) is 1.68. The van der Waals surface area contributed by atoms with Gasteiger partial charge in [0, 0.05) is 24.5 Å². The van der Waals surface area contributed by atoms with Gasteiger partial charge in [0.1, 0.15) is 0 Å². The molecule has 3 nitrogen and oxygen atoms in total. The van der Waals surface area contributed by atoms with Gasteiger partial charge in [0.25, 0.3) is 0 Å². The highest BCUT2D eigenvalue weighted by Gasteiger charge is 2.36. The number of hydrogen-bond donors (Lipinski definition) is 2. The van der Waals surface area contributed by atoms with Crippen molar-refractivity contribution in [1.29, 1.82) is 0 Å². The Balaban J connectivity index is 0.00000225. The molecule has 2 bridgehead atoms. The quantitative estimate of drug-likeness (QED) is 0.833. The summed E-state index contributed by atoms with van der Waals surface area (Å²) in [6, 6.07) is 6.59. The van der Waals surface area contributed by atoms with E-state index in [4.69, 9.17) is 0 Å². The van der Waals surface area contributed by atoms with E-state index in [0.29, 0.717) is 12.1 Å². The third-order valence-corrected chi connectivity index (χ3v) is 5.13. The molecule has 0 spiro atoms. The highest BCUT2D eigenvalue weighted by Crippen LogP contribution is 2.36. The topological polar surface area (TPSA) is 41.1 Å². The van der Waals surface area contributed by atoms with Gasteiger partial charge in [0.15, 0.2) is 0 Å². The molecule has 2 aliphatic heterocycles. The van der Waals surface area contributed by atoms with Crippen LogP contribution in [0.1, 0.15) is 56.1 Å². The van der Waals surface area contributed by atoms with Crippen LogP contribution in [0.3, 0.4) is 0 Å². The fourth-order valence-electron chi connectivity index (χ4n) is 4.03. The van der Waals surface area contributed by atoms with Crippen LogP contribution in [0.15, 0.2) is 24.3 Å². The number of hydrogen-bond acceptors (Lipinski definition) is 2. The van der Waals surface area contributed by atoms with Crippen LogP contribution in [0.5, 0.6) is 0 Å². The predicted molar refractivity (Wildman–Crippen MR) is 92.8 cm³/mol. The zero-order valence-electron chi connectivity index (χ0n) is 14.1. The molecular weight excluding hydrogens is 353 g/mol. The van der Waals surface area contributed by atoms with Gasteiger partial charge in [-0.1, -0.05) is 25.1 Å². The van der Waals surface area contributed by atoms with Gasteiger partial charge in [0.05, 0.1) is 5.56 Å². The Morgan fingerprint density at radius 3 is 2.44 bits per heavy atom. The summed E-state index contributed by atoms with van der Waals surface area (Å²) in [6.07, 6.45) is -0.202. The number of fused-ring (bicyclic) bond motifs is 2. The molecule has 140 valence electrons. The number of alkyl halides is 3. The van der Waals surface area contributed by atoms with Gasteiger partial charge in [-0.15, -0.1) is 12.4 Å². The SMILES string of the molecule is CC(CC(=O)NC1CC2CCC(C1)N2)c1ccccc1C(F)(F)F.Cl. The van der Waals surface area contributed by atoms with E-state index in [9.17, 15) is 18.0 Å². The fraction of sp³-hybridized carbons (Fsp3) is 0.611. The average Bonchev–Trinajstić information content (AvgIpc) is 2.85. The van der Waals surface area contributed by atoms with Crippen LogP contribution >= 0.6 is 12.4 Å². The number of piperidine rings is 1. The van der Waals surface area contributed by atoms with Gasteiger partial charge in [-0.05, 0) is 43.2 Å². The monoisotopic (exact) mass is 376 g/mol. The minimum absolute atomic E-state index is 0. The summed E-state index contributed by atoms with van der Waals surface area (Å²) in [5.41, 5.74) is -0.462. The molecule has 1 aromatic rings. The van der Waals surface area contributed by atoms with E-state index in [2.05, 4.69) is 10.6 Å². The van der Waals surface area contributed by atoms with Crippen molar-refractivity contribution < 1.29 is 18.0 Å². The lowest BCUT2D eigenvalue weighted by Gasteiger charge is -2.30. The maximum Gasteiger partial charge on any atom is 0.416 e. The number of carbonyl (C=O) groups excluding carboxylic acids is 1. The summed E-state index contributed by atoms with van der Waals surface area (Å²) in [5.74, 6) is -0.632. The van der Waals surface area contributed by atoms with Crippen molar-refractivity contribution in [3.8, 4) is 0 Å². The van der Waals surface area contributed by atoms with E-state index in [1.165, 1.54) is 12.1 Å². The zero-order valence-corrected chi connectivity index (χ0v) is 14.9. The molecule has 2 N–H and O–H groups in total. The van der Waals surface area contributed by atoms with Crippen LogP contribution in [0, 0.1) is 0 Å². The first-order valence-electron chi connectivity index (χ1n) is 8.54. The van der Waals surface area contributed by atoms with Crippen LogP contribution in [0.25, 0.3) is 0 Å². The standard InChI is InChI=1S/C18H23F3N2O.ClH/c1-11(15-4-2-3-5-16(15)18(19,20)21)8-17(24)23-14-9-12-6-7-13(10-14)22-12;/h2-5,11-14,22H,6-10H2,1H3,(H,23,24);1H. The average molecular weight is 377 g/mol. The lowest BCUT2D eigenvalue weighted by atomic mass is 9.92. The maximum atomic E-state index is 13.1. The molecule has 0 radical (unpaired) electrons. The Morgan fingerprint density at radius 1 is 1.24 bits per heavy atom. The first-order valence-corrected chi connectivity index (χ1v) is 8.54. The highest BCUT2D eigenvalue weighted by molar-refractivity contribution is 5.85. The van der Waals surface area contributed by atoms with E-state index in [-0.39, 0.29) is 36.3 Å². The number of rotatable bonds is 4. The second kappa shape index (κ2) is 7.96. The van der Waals surface area contributed by atoms with Crippen molar-refractivity contribution in [2.24, 2.45) is 0 Å². The second-order valence-corrected chi connectivity index (χ2v) is 7.06. The summed E-state index contributed by atoms with van der Waals surface area (Å²) in [5, 5.41) is 6.53. The van der Waals surface area contributed by atoms with E-state index < -0.39 is 17.7 Å². The molecular formula is C18H24ClF3N2O. The van der Waals surface area contributed by atoms with Crippen molar-refractivity contribution in [3.05, 3.63) is 35.4 Å². The first kappa shape index (κ1) is 20.0. The summed E-state index contributed by atoms with van der Waals surface area (Å²) < 4.78 is 39.3. The largest absolute Gasteiger partial charge is 0.416 e. The van der Waals surface area contributed by atoms with Gasteiger partial charge in [-0.3, -0.25) is 4.79 Å². The van der Waals surface area contributed by atoms with E-state index in [0.717, 1.165) is 31.7 Å². The molecule has 3 unspecified atom stereocenters. The fourth-order valence-corrected chi connectivity index (χ4v) is 4.03. The summed E-state index contributed by atoms with van der Waals surface area (Å²) in [4.78, 5) is 12.3. The molecule has 7 heteroatoms. The molecule has 0 saturated carbocycles. The molecule has 3 atom stereocenters. The number of benzene rings is 1. The van der Waals surface area contributed by atoms with Gasteiger partial charge in [-0.25, -0.2) is 0 Å². The Morgan fingerprint density at radius 2 is 1.84 bits per heavy atom. The summed E-state index contributed by atoms with van der Waals surface area (Å²) >= 11 is 0. The molecule has 3 rings (SSSR count). The second-order valence-electron chi connectivity index (χ2n) is 7.06. The van der Waals surface area contributed by atoms with Crippen LogP contribution in [-0.4, -0.2) is 24.0 Å². The van der Waals surface area contributed by atoms with Crippen LogP contribution in [-0.2, 0) is 11.0 Å². The molecule has 1 aromatic carbocycles. The Hall–Kier alpha value is -1.27. The third kappa shape index (κ3) is 4.88. The van der Waals surface area contributed by atoms with Crippen molar-refractivity contribution in [1.82, 2.24) is 10.6 Å². The Labute approximate surface area is 152 Å². The van der Waals surface area contributed by atoms with Gasteiger partial charge in [-0.2, -0.15) is 13.2 Å². The Kier molecular flexibility index (Phi) is 6.38. The Bertz CT molecular complexity index is 596. The zero-order chi connectivity index (χ0) is 17.3. The van der Waals surface area contributed by atoms with Gasteiger partial charge in [0.2, 0.25) is 5.91 Å². The number of halogens is 4. The van der Waals surface area contributed by atoms with Gasteiger partial charge >= 0.3 is 6.18 Å². The molecule has 2 heterocycles. The molecule has 0 aliphatic carbocycles. The van der Waals surface area contributed by atoms with Crippen LogP contribution in [0.2, 0.25) is 0 Å². The predicted octanol–water partition coefficient (Wildman–Crippen LogP) is 4.02. The lowest BCUT2D eigenvalue weighted by molar-refractivity contribution is -0.138. The molecule has 0 aromatic heterocycles. The number of carbonyl (C=O) groups is 1. The van der Waals surface area contributed by atoms with Gasteiger partial charge < -0.3 is 10.6 Å². The van der Waals surface area contributed by atoms with Crippen molar-refractivity contribution in [3.63, 3.8) is 0 Å². The molecule has 2 aliphatic rings. The minimum atomic E-state index is -4.39. The molecule has 1 amide bonds. The molecule has 25 heavy (non-hydrogen) atoms. The first-order chi connectivity index (χ1) is 11.3. The van der Waals surface area contributed by atoms with E-state index in [1.807, 2.05) is 0 Å². The van der Waals surface area contributed by atoms with Crippen molar-refractivity contribution in [2.45, 2.75) is 69.2 Å². The molecule has 2 fully saturated rings. The van der Waals surface area contributed by atoms with Crippen molar-refractivity contribution in [2.75, 3.05) is 0 Å². The normalized spacial score (nSPS) is 26.6. The summed E-state index contributed by atoms with van der Waals surface area (Å²) in [7, 11) is 0. The maximum absolute atomic E-state index is 13.1.